The van der Waals surface area contributed by atoms with Gasteiger partial charge in [0.15, 0.2) is 0 Å². The molecule has 1 N–H and O–H groups in total. The summed E-state index contributed by atoms with van der Waals surface area (Å²) in [6.07, 6.45) is 4.05. The van der Waals surface area contributed by atoms with E-state index in [9.17, 15) is 5.11 Å². The minimum Gasteiger partial charge on any atom is -0.386 e. The molecule has 0 spiro atoms. The van der Waals surface area contributed by atoms with Gasteiger partial charge in [-0.25, -0.2) is 0 Å². The molecular weight excluding hydrogens is 136 g/mol. The summed E-state index contributed by atoms with van der Waals surface area (Å²) >= 11 is 0. The number of allylic oxidation sites excluding steroid dienone is 2. The lowest BCUT2D eigenvalue weighted by Crippen LogP contribution is -2.25. The highest BCUT2D eigenvalue weighted by Gasteiger charge is 2.23. The summed E-state index contributed by atoms with van der Waals surface area (Å²) in [6.45, 7) is -1.39. The molecule has 0 fully saturated rings. The summed E-state index contributed by atoms with van der Waals surface area (Å²) in [5.74, 6) is -0.433. The lowest BCUT2D eigenvalue weighted by Gasteiger charge is -2.27. The second kappa shape index (κ2) is 2.82. The van der Waals surface area contributed by atoms with Gasteiger partial charge in [-0.15, -0.1) is 0 Å². The van der Waals surface area contributed by atoms with Gasteiger partial charge in [0.2, 0.25) is 0 Å². The number of hydrogen-bond donors (Lipinski definition) is 1. The van der Waals surface area contributed by atoms with Crippen LogP contribution in [0.25, 0.3) is 0 Å². The largest absolute Gasteiger partial charge is 0.386 e. The van der Waals surface area contributed by atoms with Crippen molar-refractivity contribution in [1.82, 2.24) is 0 Å². The fraction of sp³-hybridized carbons (Fsp3) is 0.600. The van der Waals surface area contributed by atoms with E-state index >= 15 is 0 Å². The molecule has 0 radical (unpaired) electrons. The van der Waals surface area contributed by atoms with E-state index in [4.69, 9.17) is 6.85 Å². The third kappa shape index (κ3) is 2.19. The topological polar surface area (TPSA) is 20.2 Å². The molecule has 0 unspecified atom stereocenters. The van der Waals surface area contributed by atoms with Crippen LogP contribution in [-0.2, 0) is 0 Å². The van der Waals surface area contributed by atoms with Gasteiger partial charge in [0.1, 0.15) is 0 Å². The van der Waals surface area contributed by atoms with E-state index in [0.717, 1.165) is 0 Å². The van der Waals surface area contributed by atoms with Gasteiger partial charge >= 0.3 is 0 Å². The first-order valence-corrected chi connectivity index (χ1v) is 3.73. The first-order chi connectivity index (χ1) is 7.13. The van der Waals surface area contributed by atoms with Crippen LogP contribution in [0.5, 0.6) is 0 Å². The maximum atomic E-state index is 9.68. The normalized spacial score (nSPS) is 44.5. The molecule has 2 atom stereocenters. The second-order valence-electron chi connectivity index (χ2n) is 3.28. The Morgan fingerprint density at radius 2 is 2.82 bits per heavy atom. The highest BCUT2D eigenvalue weighted by molar-refractivity contribution is 5.14. The van der Waals surface area contributed by atoms with Crippen LogP contribution in [-0.4, -0.2) is 10.7 Å². The van der Waals surface area contributed by atoms with Gasteiger partial charge in [-0.3, -0.25) is 0 Å². The van der Waals surface area contributed by atoms with Crippen LogP contribution in [0.3, 0.4) is 0 Å². The lowest BCUT2D eigenvalue weighted by atomic mass is 9.84. The zero-order valence-electron chi connectivity index (χ0n) is 11.6. The van der Waals surface area contributed by atoms with E-state index in [2.05, 4.69) is 0 Å². The molecular formula is C10H16O. The van der Waals surface area contributed by atoms with E-state index < -0.39 is 24.9 Å². The average molecular weight is 157 g/mol. The minimum atomic E-state index is -2.41. The highest BCUT2D eigenvalue weighted by atomic mass is 16.3. The molecule has 62 valence electrons. The van der Waals surface area contributed by atoms with E-state index in [1.54, 1.807) is 19.1 Å². The highest BCUT2D eigenvalue weighted by Crippen LogP contribution is 2.28. The van der Waals surface area contributed by atoms with Crippen molar-refractivity contribution in [3.05, 3.63) is 24.3 Å². The van der Waals surface area contributed by atoms with Gasteiger partial charge in [0, 0.05) is 4.11 Å². The fourth-order valence-electron chi connectivity index (χ4n) is 1.19. The van der Waals surface area contributed by atoms with Crippen molar-refractivity contribution in [2.75, 3.05) is 0 Å². The number of hydrogen-bond acceptors (Lipinski definition) is 1. The van der Waals surface area contributed by atoms with Crippen molar-refractivity contribution >= 4 is 0 Å². The maximum absolute atomic E-state index is 9.68. The van der Waals surface area contributed by atoms with Gasteiger partial charge < -0.3 is 5.11 Å². The summed E-state index contributed by atoms with van der Waals surface area (Å²) < 4.78 is 36.3. The molecule has 1 rings (SSSR count). The molecule has 1 aliphatic carbocycles. The van der Waals surface area contributed by atoms with E-state index in [1.165, 1.54) is 0 Å². The van der Waals surface area contributed by atoms with Crippen molar-refractivity contribution in [3.8, 4) is 0 Å². The van der Waals surface area contributed by atoms with Gasteiger partial charge in [0.25, 0.3) is 0 Å². The van der Waals surface area contributed by atoms with Crippen molar-refractivity contribution in [1.29, 1.82) is 0 Å². The molecule has 1 aliphatic rings. The smallest absolute Gasteiger partial charge is 0.0800 e. The Labute approximate surface area is 75.5 Å². The van der Waals surface area contributed by atoms with Crippen molar-refractivity contribution < 1.29 is 12.0 Å². The van der Waals surface area contributed by atoms with E-state index in [-0.39, 0.29) is 5.57 Å². The zero-order chi connectivity index (χ0) is 12.6. The van der Waals surface area contributed by atoms with Crippen molar-refractivity contribution in [2.45, 2.75) is 32.2 Å². The molecule has 0 aromatic carbocycles. The number of aliphatic hydroxyl groups is 1. The Bertz CT molecular complexity index is 323. The Hall–Kier alpha value is -0.560. The molecule has 0 aromatic heterocycles. The van der Waals surface area contributed by atoms with Crippen LogP contribution in [0.15, 0.2) is 24.3 Å². The van der Waals surface area contributed by atoms with Gasteiger partial charge in [0.05, 0.1) is 8.34 Å². The van der Waals surface area contributed by atoms with Crippen LogP contribution in [0.4, 0.5) is 0 Å². The predicted octanol–water partition coefficient (Wildman–Crippen LogP) is 2.28. The summed E-state index contributed by atoms with van der Waals surface area (Å²) in [5.41, 5.74) is -1.04. The van der Waals surface area contributed by atoms with Crippen LogP contribution >= 0.6 is 0 Å². The first kappa shape index (κ1) is 3.90. The molecule has 1 heteroatoms. The van der Waals surface area contributed by atoms with Crippen LogP contribution in [0.2, 0.25) is 0 Å². The predicted molar refractivity (Wildman–Crippen MR) is 47.3 cm³/mol. The van der Waals surface area contributed by atoms with Crippen molar-refractivity contribution in [2.24, 2.45) is 5.92 Å². The standard InChI is InChI=1S/C10H16O/c1-8(2)9-4-6-10(3,11)7-5-9/h4,6,9,11H,1,5,7H2,2-3H3/t9-,10+/m0/s1/i1D2,2D3. The third-order valence-electron chi connectivity index (χ3n) is 2.02. The summed E-state index contributed by atoms with van der Waals surface area (Å²) in [7, 11) is 0. The summed E-state index contributed by atoms with van der Waals surface area (Å²) in [4.78, 5) is 0. The Balaban J connectivity index is 2.98. The molecule has 0 amide bonds. The first-order valence-electron chi connectivity index (χ1n) is 6.23. The molecule has 11 heavy (non-hydrogen) atoms. The minimum absolute atomic E-state index is 0.140. The quantitative estimate of drug-likeness (QED) is 0.579. The SMILES string of the molecule is [2H]C([2H])=C([C@H]1C=C[C@@](C)(O)CC1)C([2H])([2H])[2H]. The van der Waals surface area contributed by atoms with Crippen LogP contribution in [0.1, 0.15) is 33.5 Å². The molecule has 0 aromatic rings. The molecule has 0 aliphatic heterocycles. The van der Waals surface area contributed by atoms with Crippen LogP contribution < -0.4 is 0 Å². The lowest BCUT2D eigenvalue weighted by molar-refractivity contribution is 0.0903. The Kier molecular flexibility index (Phi) is 1.00. The zero-order valence-corrected chi connectivity index (χ0v) is 6.59. The molecule has 0 saturated carbocycles. The summed E-state index contributed by atoms with van der Waals surface area (Å²) in [5, 5.41) is 9.68. The Morgan fingerprint density at radius 1 is 2.00 bits per heavy atom. The van der Waals surface area contributed by atoms with Gasteiger partial charge in [-0.1, -0.05) is 24.3 Å². The maximum Gasteiger partial charge on any atom is 0.0800 e. The summed E-state index contributed by atoms with van der Waals surface area (Å²) in [6, 6.07) is 0. The number of rotatable bonds is 1. The van der Waals surface area contributed by atoms with Gasteiger partial charge in [-0.2, -0.15) is 0 Å². The fourth-order valence-corrected chi connectivity index (χ4v) is 1.19. The monoisotopic (exact) mass is 157 g/mol. The van der Waals surface area contributed by atoms with Gasteiger partial charge in [-0.05, 0) is 32.5 Å². The third-order valence-corrected chi connectivity index (χ3v) is 2.02. The van der Waals surface area contributed by atoms with E-state index in [1.807, 2.05) is 0 Å². The molecule has 0 saturated heterocycles. The molecule has 1 nitrogen and oxygen atoms in total. The van der Waals surface area contributed by atoms with Crippen LogP contribution in [0, 0.1) is 5.92 Å². The van der Waals surface area contributed by atoms with E-state index in [0.29, 0.717) is 12.8 Å². The molecule has 0 bridgehead atoms. The van der Waals surface area contributed by atoms with Crippen molar-refractivity contribution in [3.63, 3.8) is 0 Å². The average Bonchev–Trinajstić information content (AvgIpc) is 2.05. The second-order valence-corrected chi connectivity index (χ2v) is 3.28. The molecule has 0 heterocycles. The Morgan fingerprint density at radius 3 is 3.27 bits per heavy atom.